The van der Waals surface area contributed by atoms with Gasteiger partial charge in [-0.2, -0.15) is 13.2 Å². The van der Waals surface area contributed by atoms with Crippen LogP contribution in [0.5, 0.6) is 0 Å². The third-order valence-electron chi connectivity index (χ3n) is 4.38. The summed E-state index contributed by atoms with van der Waals surface area (Å²) in [5.74, 6) is 0.416. The first-order chi connectivity index (χ1) is 12.3. The first kappa shape index (κ1) is 18.8. The average Bonchev–Trinajstić information content (AvgIpc) is 2.59. The van der Waals surface area contributed by atoms with E-state index in [0.717, 1.165) is 22.4 Å². The van der Waals surface area contributed by atoms with E-state index in [2.05, 4.69) is 0 Å². The molecule has 1 nitrogen and oxygen atoms in total. The lowest BCUT2D eigenvalue weighted by atomic mass is 9.93. The van der Waals surface area contributed by atoms with E-state index in [0.29, 0.717) is 11.3 Å². The summed E-state index contributed by atoms with van der Waals surface area (Å²) >= 11 is 1.55. The maximum atomic E-state index is 14.1. The van der Waals surface area contributed by atoms with Crippen LogP contribution in [-0.4, -0.2) is 5.75 Å². The third-order valence-corrected chi connectivity index (χ3v) is 5.32. The summed E-state index contributed by atoms with van der Waals surface area (Å²) < 4.78 is 53.8. The molecule has 0 aromatic heterocycles. The molecule has 138 valence electrons. The van der Waals surface area contributed by atoms with E-state index in [-0.39, 0.29) is 18.3 Å². The molecule has 0 fully saturated rings. The number of halogens is 4. The van der Waals surface area contributed by atoms with Crippen LogP contribution in [0.25, 0.3) is 0 Å². The van der Waals surface area contributed by atoms with E-state index in [4.69, 9.17) is 0 Å². The molecule has 0 saturated carbocycles. The normalized spacial score (nSPS) is 17.1. The molecule has 0 radical (unpaired) electrons. The summed E-state index contributed by atoms with van der Waals surface area (Å²) in [6, 6.07) is 10.2. The zero-order valence-electron chi connectivity index (χ0n) is 14.5. The van der Waals surface area contributed by atoms with Gasteiger partial charge in [0.1, 0.15) is 5.82 Å². The van der Waals surface area contributed by atoms with Gasteiger partial charge in [0.05, 0.1) is 17.1 Å². The highest BCUT2D eigenvalue weighted by molar-refractivity contribution is 8.03. The summed E-state index contributed by atoms with van der Waals surface area (Å²) in [7, 11) is 0. The van der Waals surface area contributed by atoms with Crippen molar-refractivity contribution in [1.29, 1.82) is 0 Å². The molecule has 0 N–H and O–H groups in total. The van der Waals surface area contributed by atoms with Gasteiger partial charge < -0.3 is 4.90 Å². The number of anilines is 1. The van der Waals surface area contributed by atoms with Crippen molar-refractivity contribution in [3.05, 3.63) is 76.1 Å². The van der Waals surface area contributed by atoms with Gasteiger partial charge >= 0.3 is 6.18 Å². The SMILES string of the molecule is CCSC1=CC(C)c2ccc(C(F)(F)F)cc2N1Cc1ccccc1F. The van der Waals surface area contributed by atoms with Crippen LogP contribution in [0.1, 0.15) is 36.5 Å². The maximum absolute atomic E-state index is 14.1. The quantitative estimate of drug-likeness (QED) is 0.552. The average molecular weight is 381 g/mol. The minimum atomic E-state index is -4.42. The van der Waals surface area contributed by atoms with E-state index in [1.165, 1.54) is 18.2 Å². The summed E-state index contributed by atoms with van der Waals surface area (Å²) in [4.78, 5) is 1.79. The van der Waals surface area contributed by atoms with Crippen molar-refractivity contribution in [2.24, 2.45) is 0 Å². The van der Waals surface area contributed by atoms with E-state index in [9.17, 15) is 17.6 Å². The Morgan fingerprint density at radius 3 is 2.50 bits per heavy atom. The van der Waals surface area contributed by atoms with Crippen LogP contribution in [0.4, 0.5) is 23.2 Å². The van der Waals surface area contributed by atoms with Gasteiger partial charge in [-0.15, -0.1) is 11.8 Å². The number of hydrogen-bond donors (Lipinski definition) is 0. The van der Waals surface area contributed by atoms with Crippen molar-refractivity contribution in [2.45, 2.75) is 32.5 Å². The third kappa shape index (κ3) is 3.75. The number of hydrogen-bond acceptors (Lipinski definition) is 2. The number of rotatable bonds is 4. The molecule has 0 bridgehead atoms. The molecule has 0 spiro atoms. The molecule has 26 heavy (non-hydrogen) atoms. The fourth-order valence-corrected chi connectivity index (χ4v) is 4.00. The van der Waals surface area contributed by atoms with Gasteiger partial charge in [-0.25, -0.2) is 4.39 Å². The van der Waals surface area contributed by atoms with Crippen LogP contribution < -0.4 is 4.90 Å². The molecule has 1 aliphatic heterocycles. The zero-order valence-corrected chi connectivity index (χ0v) is 15.3. The van der Waals surface area contributed by atoms with Crippen molar-refractivity contribution in [3.8, 4) is 0 Å². The van der Waals surface area contributed by atoms with Crippen LogP contribution >= 0.6 is 11.8 Å². The van der Waals surface area contributed by atoms with E-state index in [1.807, 2.05) is 19.9 Å². The Labute approximate surface area is 154 Å². The lowest BCUT2D eigenvalue weighted by Crippen LogP contribution is -2.26. The second kappa shape index (κ2) is 7.35. The molecular weight excluding hydrogens is 362 g/mol. The number of nitrogens with zero attached hydrogens (tertiary/aromatic N) is 1. The largest absolute Gasteiger partial charge is 0.416 e. The Balaban J connectivity index is 2.09. The molecule has 0 saturated heterocycles. The summed E-state index contributed by atoms with van der Waals surface area (Å²) in [5.41, 5.74) is 1.07. The van der Waals surface area contributed by atoms with Gasteiger partial charge in [-0.05, 0) is 35.6 Å². The Kier molecular flexibility index (Phi) is 5.32. The lowest BCUT2D eigenvalue weighted by molar-refractivity contribution is -0.137. The van der Waals surface area contributed by atoms with Crippen molar-refractivity contribution < 1.29 is 17.6 Å². The second-order valence-corrected chi connectivity index (χ2v) is 7.46. The molecular formula is C20H19F4NS. The minimum absolute atomic E-state index is 0.00166. The molecule has 1 atom stereocenters. The van der Waals surface area contributed by atoms with Gasteiger partial charge in [-0.3, -0.25) is 0 Å². The highest BCUT2D eigenvalue weighted by Crippen LogP contribution is 2.43. The molecule has 2 aromatic carbocycles. The molecule has 2 aromatic rings. The van der Waals surface area contributed by atoms with Crippen LogP contribution in [0.2, 0.25) is 0 Å². The number of benzene rings is 2. The molecule has 6 heteroatoms. The van der Waals surface area contributed by atoms with Crippen molar-refractivity contribution in [1.82, 2.24) is 0 Å². The molecule has 3 rings (SSSR count). The zero-order chi connectivity index (χ0) is 18.9. The molecule has 1 unspecified atom stereocenters. The van der Waals surface area contributed by atoms with Gasteiger partial charge in [0.25, 0.3) is 0 Å². The predicted octanol–water partition coefficient (Wildman–Crippen LogP) is 6.56. The van der Waals surface area contributed by atoms with Crippen LogP contribution in [0.15, 0.2) is 53.6 Å². The summed E-state index contributed by atoms with van der Waals surface area (Å²) in [5, 5.41) is 0.857. The maximum Gasteiger partial charge on any atom is 0.416 e. The van der Waals surface area contributed by atoms with Crippen molar-refractivity contribution >= 4 is 17.4 Å². The summed E-state index contributed by atoms with van der Waals surface area (Å²) in [6.45, 7) is 4.13. The van der Waals surface area contributed by atoms with E-state index in [1.54, 1.807) is 34.9 Å². The van der Waals surface area contributed by atoms with Gasteiger partial charge in [0.15, 0.2) is 0 Å². The monoisotopic (exact) mass is 381 g/mol. The number of fused-ring (bicyclic) bond motifs is 1. The molecule has 1 aliphatic rings. The highest BCUT2D eigenvalue weighted by atomic mass is 32.2. The molecule has 0 amide bonds. The smallest absolute Gasteiger partial charge is 0.332 e. The van der Waals surface area contributed by atoms with Crippen LogP contribution in [-0.2, 0) is 12.7 Å². The second-order valence-electron chi connectivity index (χ2n) is 6.18. The van der Waals surface area contributed by atoms with Crippen LogP contribution in [0.3, 0.4) is 0 Å². The predicted molar refractivity (Wildman–Crippen MR) is 98.7 cm³/mol. The van der Waals surface area contributed by atoms with Crippen molar-refractivity contribution in [2.75, 3.05) is 10.7 Å². The topological polar surface area (TPSA) is 3.24 Å². The Hall–Kier alpha value is -1.95. The van der Waals surface area contributed by atoms with E-state index < -0.39 is 11.7 Å². The first-order valence-corrected chi connectivity index (χ1v) is 9.36. The molecule has 0 aliphatic carbocycles. The Bertz CT molecular complexity index is 829. The van der Waals surface area contributed by atoms with Gasteiger partial charge in [0, 0.05) is 17.2 Å². The Morgan fingerprint density at radius 2 is 1.85 bits per heavy atom. The summed E-state index contributed by atoms with van der Waals surface area (Å²) in [6.07, 6.45) is -2.38. The van der Waals surface area contributed by atoms with Crippen LogP contribution in [0, 0.1) is 5.82 Å². The Morgan fingerprint density at radius 1 is 1.12 bits per heavy atom. The molecule has 1 heterocycles. The lowest BCUT2D eigenvalue weighted by Gasteiger charge is -2.35. The van der Waals surface area contributed by atoms with Crippen molar-refractivity contribution in [3.63, 3.8) is 0 Å². The number of thioether (sulfide) groups is 1. The standard InChI is InChI=1S/C20H19F4NS/c1-3-26-19-10-13(2)16-9-8-15(20(22,23)24)11-18(16)25(19)12-14-6-4-5-7-17(14)21/h4-11,13H,3,12H2,1-2H3. The highest BCUT2D eigenvalue weighted by Gasteiger charge is 2.33. The fourth-order valence-electron chi connectivity index (χ4n) is 3.09. The number of alkyl halides is 3. The fraction of sp³-hybridized carbons (Fsp3) is 0.300. The van der Waals surface area contributed by atoms with Gasteiger partial charge in [0.2, 0.25) is 0 Å². The first-order valence-electron chi connectivity index (χ1n) is 8.38. The minimum Gasteiger partial charge on any atom is -0.332 e. The van der Waals surface area contributed by atoms with E-state index >= 15 is 0 Å². The van der Waals surface area contributed by atoms with Gasteiger partial charge in [-0.1, -0.05) is 38.1 Å². The number of allylic oxidation sites excluding steroid dienone is 1.